The first-order chi connectivity index (χ1) is 6.74. The number of benzene rings is 1. The zero-order valence-electron chi connectivity index (χ0n) is 7.09. The largest absolute Gasteiger partial charge is 0.464 e. The van der Waals surface area contributed by atoms with Crippen LogP contribution in [0.15, 0.2) is 22.8 Å². The van der Waals surface area contributed by atoms with Crippen LogP contribution in [0.2, 0.25) is 0 Å². The van der Waals surface area contributed by atoms with Crippen molar-refractivity contribution in [1.29, 1.82) is 0 Å². The Hall–Kier alpha value is -1.46. The molecule has 0 spiro atoms. The van der Waals surface area contributed by atoms with Gasteiger partial charge in [-0.1, -0.05) is 0 Å². The molecule has 2 aromatic rings. The van der Waals surface area contributed by atoms with Crippen LogP contribution < -0.4 is 5.90 Å². The van der Waals surface area contributed by atoms with Gasteiger partial charge in [-0.15, -0.1) is 0 Å². The maximum absolute atomic E-state index is 13.2. The maximum Gasteiger partial charge on any atom is 0.145 e. The minimum absolute atomic E-state index is 0.119. The molecule has 0 bridgehead atoms. The third-order valence-corrected chi connectivity index (χ3v) is 1.97. The molecule has 0 atom stereocenters. The second-order valence-electron chi connectivity index (χ2n) is 2.79. The van der Waals surface area contributed by atoms with Gasteiger partial charge in [0.25, 0.3) is 0 Å². The van der Waals surface area contributed by atoms with Gasteiger partial charge < -0.3 is 4.42 Å². The van der Waals surface area contributed by atoms with Crippen LogP contribution in [-0.2, 0) is 11.4 Å². The van der Waals surface area contributed by atoms with Gasteiger partial charge in [-0.25, -0.2) is 14.7 Å². The number of fused-ring (bicyclic) bond motifs is 1. The zero-order valence-corrected chi connectivity index (χ0v) is 7.09. The van der Waals surface area contributed by atoms with Crippen LogP contribution in [-0.4, -0.2) is 0 Å². The highest BCUT2D eigenvalue weighted by molar-refractivity contribution is 5.81. The molecule has 2 N–H and O–H groups in total. The number of furan rings is 1. The molecule has 74 valence electrons. The third-order valence-electron chi connectivity index (χ3n) is 1.97. The summed E-state index contributed by atoms with van der Waals surface area (Å²) in [6, 6.07) is 2.20. The molecule has 1 aromatic heterocycles. The first-order valence-corrected chi connectivity index (χ1v) is 3.90. The summed E-state index contributed by atoms with van der Waals surface area (Å²) in [5.74, 6) is 3.44. The van der Waals surface area contributed by atoms with Crippen LogP contribution in [0.3, 0.4) is 0 Å². The fourth-order valence-corrected chi connectivity index (χ4v) is 1.33. The lowest BCUT2D eigenvalue weighted by Crippen LogP contribution is -2.02. The SMILES string of the molecule is NOCc1c(F)cc(F)c2ccoc12. The smallest absolute Gasteiger partial charge is 0.145 e. The zero-order chi connectivity index (χ0) is 10.1. The number of halogens is 2. The molecule has 0 unspecified atom stereocenters. The predicted octanol–water partition coefficient (Wildman–Crippen LogP) is 2.10. The molecule has 0 amide bonds. The number of rotatable bonds is 2. The molecular weight excluding hydrogens is 192 g/mol. The normalized spacial score (nSPS) is 11.1. The Balaban J connectivity index is 2.73. The van der Waals surface area contributed by atoms with E-state index in [0.717, 1.165) is 6.07 Å². The van der Waals surface area contributed by atoms with Gasteiger partial charge in [0.05, 0.1) is 23.8 Å². The van der Waals surface area contributed by atoms with Crippen LogP contribution in [0.25, 0.3) is 11.0 Å². The molecule has 1 aromatic carbocycles. The first kappa shape index (κ1) is 9.11. The van der Waals surface area contributed by atoms with E-state index in [1.807, 2.05) is 0 Å². The van der Waals surface area contributed by atoms with Gasteiger partial charge >= 0.3 is 0 Å². The predicted molar refractivity (Wildman–Crippen MR) is 45.1 cm³/mol. The third kappa shape index (κ3) is 1.26. The van der Waals surface area contributed by atoms with E-state index < -0.39 is 11.6 Å². The van der Waals surface area contributed by atoms with Crippen molar-refractivity contribution in [2.24, 2.45) is 5.90 Å². The van der Waals surface area contributed by atoms with E-state index in [4.69, 9.17) is 10.3 Å². The second kappa shape index (κ2) is 3.36. The van der Waals surface area contributed by atoms with Crippen molar-refractivity contribution in [2.45, 2.75) is 6.61 Å². The minimum Gasteiger partial charge on any atom is -0.464 e. The van der Waals surface area contributed by atoms with Crippen LogP contribution in [0, 0.1) is 11.6 Å². The second-order valence-corrected chi connectivity index (χ2v) is 2.79. The van der Waals surface area contributed by atoms with Gasteiger partial charge in [0, 0.05) is 6.07 Å². The van der Waals surface area contributed by atoms with Gasteiger partial charge in [-0.3, -0.25) is 4.84 Å². The summed E-state index contributed by atoms with van der Waals surface area (Å²) in [5, 5.41) is 0.221. The van der Waals surface area contributed by atoms with Crippen LogP contribution >= 0.6 is 0 Å². The van der Waals surface area contributed by atoms with E-state index in [-0.39, 0.29) is 23.1 Å². The average Bonchev–Trinajstić information content (AvgIpc) is 2.60. The molecular formula is C9H7F2NO2. The topological polar surface area (TPSA) is 48.4 Å². The van der Waals surface area contributed by atoms with Gasteiger partial charge in [0.15, 0.2) is 0 Å². The Morgan fingerprint density at radius 2 is 2.14 bits per heavy atom. The summed E-state index contributed by atoms with van der Waals surface area (Å²) in [7, 11) is 0. The van der Waals surface area contributed by atoms with E-state index in [1.54, 1.807) is 0 Å². The Bertz CT molecular complexity index is 467. The van der Waals surface area contributed by atoms with E-state index >= 15 is 0 Å². The summed E-state index contributed by atoms with van der Waals surface area (Å²) in [4.78, 5) is 4.30. The molecule has 0 aliphatic rings. The lowest BCUT2D eigenvalue weighted by molar-refractivity contribution is 0.121. The summed E-state index contributed by atoms with van der Waals surface area (Å²) in [5.41, 5.74) is 0.252. The van der Waals surface area contributed by atoms with E-state index in [1.165, 1.54) is 12.3 Å². The van der Waals surface area contributed by atoms with Gasteiger partial charge in [0.1, 0.15) is 17.2 Å². The molecule has 0 saturated heterocycles. The molecule has 0 aliphatic carbocycles. The van der Waals surface area contributed by atoms with E-state index in [9.17, 15) is 8.78 Å². The molecule has 0 fully saturated rings. The van der Waals surface area contributed by atoms with Crippen LogP contribution in [0.1, 0.15) is 5.56 Å². The lowest BCUT2D eigenvalue weighted by Gasteiger charge is -2.02. The summed E-state index contributed by atoms with van der Waals surface area (Å²) >= 11 is 0. The highest BCUT2D eigenvalue weighted by Gasteiger charge is 2.14. The van der Waals surface area contributed by atoms with Crippen molar-refractivity contribution in [3.05, 3.63) is 35.6 Å². The summed E-state index contributed by atoms with van der Waals surface area (Å²) in [6.07, 6.45) is 1.28. The van der Waals surface area contributed by atoms with Crippen molar-refractivity contribution in [3.63, 3.8) is 0 Å². The standard InChI is InChI=1S/C9H7F2NO2/c10-7-3-8(11)6(4-14-12)9-5(7)1-2-13-9/h1-3H,4,12H2. The van der Waals surface area contributed by atoms with Crippen molar-refractivity contribution in [1.82, 2.24) is 0 Å². The highest BCUT2D eigenvalue weighted by atomic mass is 19.1. The Kier molecular flexibility index (Phi) is 2.18. The fourth-order valence-electron chi connectivity index (χ4n) is 1.33. The van der Waals surface area contributed by atoms with Crippen LogP contribution in [0.5, 0.6) is 0 Å². The van der Waals surface area contributed by atoms with E-state index in [2.05, 4.69) is 4.84 Å². The monoisotopic (exact) mass is 199 g/mol. The first-order valence-electron chi connectivity index (χ1n) is 3.90. The number of hydrogen-bond donors (Lipinski definition) is 1. The van der Waals surface area contributed by atoms with E-state index in [0.29, 0.717) is 0 Å². The summed E-state index contributed by atoms with van der Waals surface area (Å²) in [6.45, 7) is -0.157. The fraction of sp³-hybridized carbons (Fsp3) is 0.111. The Morgan fingerprint density at radius 3 is 2.86 bits per heavy atom. The number of nitrogens with two attached hydrogens (primary N) is 1. The molecule has 3 nitrogen and oxygen atoms in total. The van der Waals surface area contributed by atoms with Gasteiger partial charge in [-0.05, 0) is 6.07 Å². The Labute approximate surface area is 78.0 Å². The van der Waals surface area contributed by atoms with Gasteiger partial charge in [0.2, 0.25) is 0 Å². The van der Waals surface area contributed by atoms with Crippen molar-refractivity contribution in [2.75, 3.05) is 0 Å². The summed E-state index contributed by atoms with van der Waals surface area (Å²) < 4.78 is 31.3. The van der Waals surface area contributed by atoms with Gasteiger partial charge in [-0.2, -0.15) is 0 Å². The lowest BCUT2D eigenvalue weighted by atomic mass is 10.1. The average molecular weight is 199 g/mol. The molecule has 0 radical (unpaired) electrons. The molecule has 2 rings (SSSR count). The van der Waals surface area contributed by atoms with Crippen molar-refractivity contribution in [3.8, 4) is 0 Å². The van der Waals surface area contributed by atoms with Crippen LogP contribution in [0.4, 0.5) is 8.78 Å². The molecule has 0 saturated carbocycles. The van der Waals surface area contributed by atoms with Crippen molar-refractivity contribution < 1.29 is 18.0 Å². The molecule has 1 heterocycles. The molecule has 14 heavy (non-hydrogen) atoms. The Morgan fingerprint density at radius 1 is 1.36 bits per heavy atom. The number of hydrogen-bond acceptors (Lipinski definition) is 3. The highest BCUT2D eigenvalue weighted by Crippen LogP contribution is 2.25. The molecule has 0 aliphatic heterocycles. The molecule has 5 heteroatoms. The quantitative estimate of drug-likeness (QED) is 0.753. The van der Waals surface area contributed by atoms with Crippen molar-refractivity contribution >= 4 is 11.0 Å². The maximum atomic E-state index is 13.2. The minimum atomic E-state index is -0.726.